The predicted molar refractivity (Wildman–Crippen MR) is 178 cm³/mol. The zero-order valence-corrected chi connectivity index (χ0v) is 28.5. The summed E-state index contributed by atoms with van der Waals surface area (Å²) in [5.74, 6) is -0.784. The van der Waals surface area contributed by atoms with Gasteiger partial charge in [0.1, 0.15) is 30.5 Å². The maximum atomic E-state index is 15.4. The van der Waals surface area contributed by atoms with Gasteiger partial charge in [-0.1, -0.05) is 54.9 Å². The van der Waals surface area contributed by atoms with Crippen LogP contribution in [0.4, 0.5) is 8.78 Å². The second-order valence-electron chi connectivity index (χ2n) is 12.0. The Morgan fingerprint density at radius 3 is 2.48 bits per heavy atom. The molecule has 7 nitrogen and oxygen atoms in total. The maximum Gasteiger partial charge on any atom is 0.173 e. The van der Waals surface area contributed by atoms with E-state index in [1.807, 2.05) is 30.5 Å². The molecule has 46 heavy (non-hydrogen) atoms. The molecule has 0 N–H and O–H groups in total. The molecule has 0 bridgehead atoms. The van der Waals surface area contributed by atoms with Crippen molar-refractivity contribution in [1.29, 1.82) is 0 Å². The lowest BCUT2D eigenvalue weighted by atomic mass is 9.81. The van der Waals surface area contributed by atoms with Crippen LogP contribution < -0.4 is 9.84 Å². The molecule has 0 saturated carbocycles. The van der Waals surface area contributed by atoms with Gasteiger partial charge in [0.25, 0.3) is 0 Å². The zero-order chi connectivity index (χ0) is 33.1. The lowest BCUT2D eigenvalue weighted by molar-refractivity contribution is -0.915. The van der Waals surface area contributed by atoms with Crippen LogP contribution in [-0.2, 0) is 15.9 Å². The maximum absolute atomic E-state index is 15.4. The molecule has 0 unspecified atom stereocenters. The van der Waals surface area contributed by atoms with Gasteiger partial charge in [-0.05, 0) is 65.6 Å². The summed E-state index contributed by atoms with van der Waals surface area (Å²) < 4.78 is 42.9. The van der Waals surface area contributed by atoms with Gasteiger partial charge >= 0.3 is 0 Å². The number of aromatic nitrogens is 2. The molecule has 0 aliphatic carbocycles. The number of rotatable bonds is 11. The molecule has 0 radical (unpaired) electrons. The Morgan fingerprint density at radius 1 is 1.09 bits per heavy atom. The van der Waals surface area contributed by atoms with Gasteiger partial charge in [0.15, 0.2) is 5.16 Å². The lowest BCUT2D eigenvalue weighted by Crippen LogP contribution is -2.53. The highest BCUT2D eigenvalue weighted by molar-refractivity contribution is 7.98. The number of morpholine rings is 1. The molecular weight excluding hydrogens is 653 g/mol. The number of likely N-dealkylation sites (N-methyl/N-ethyl adjacent to an activating group) is 1. The fourth-order valence-corrected chi connectivity index (χ4v) is 6.98. The van der Waals surface area contributed by atoms with Crippen molar-refractivity contribution in [2.24, 2.45) is 4.99 Å². The van der Waals surface area contributed by atoms with Crippen molar-refractivity contribution >= 4 is 40.9 Å². The average Bonchev–Trinajstić information content (AvgIpc) is 3.46. The number of aliphatic imine (C=N–C) groups is 1. The van der Waals surface area contributed by atoms with Crippen LogP contribution in [0, 0.1) is 11.6 Å². The van der Waals surface area contributed by atoms with Gasteiger partial charge in [-0.3, -0.25) is 9.56 Å². The molecule has 3 aromatic carbocycles. The summed E-state index contributed by atoms with van der Waals surface area (Å²) in [4.78, 5) is 8.87. The van der Waals surface area contributed by atoms with Crippen LogP contribution in [0.2, 0.25) is 10.0 Å². The summed E-state index contributed by atoms with van der Waals surface area (Å²) in [6, 6.07) is 14.3. The molecule has 1 fully saturated rings. The third-order valence-electron chi connectivity index (χ3n) is 8.51. The Hall–Kier alpha value is -3.15. The van der Waals surface area contributed by atoms with E-state index in [-0.39, 0.29) is 27.7 Å². The minimum absolute atomic E-state index is 0.108. The largest absolute Gasteiger partial charge is 0.858 e. The van der Waals surface area contributed by atoms with Crippen molar-refractivity contribution in [2.45, 2.75) is 30.2 Å². The Kier molecular flexibility index (Phi) is 10.6. The fraction of sp³-hybridized carbons (Fsp3) is 0.353. The van der Waals surface area contributed by atoms with Crippen molar-refractivity contribution in [3.8, 4) is 11.4 Å². The summed E-state index contributed by atoms with van der Waals surface area (Å²) in [6.45, 7) is 8.22. The van der Waals surface area contributed by atoms with Gasteiger partial charge in [0.2, 0.25) is 0 Å². The average molecular weight is 690 g/mol. The lowest BCUT2D eigenvalue weighted by Gasteiger charge is -2.37. The Morgan fingerprint density at radius 2 is 1.80 bits per heavy atom. The first-order chi connectivity index (χ1) is 21.9. The number of hydrogen-bond acceptors (Lipinski definition) is 6. The number of benzene rings is 3. The first-order valence-corrected chi connectivity index (χ1v) is 16.6. The smallest absolute Gasteiger partial charge is 0.173 e. The van der Waals surface area contributed by atoms with Crippen LogP contribution in [0.3, 0.4) is 0 Å². The molecule has 1 saturated heterocycles. The van der Waals surface area contributed by atoms with Crippen molar-refractivity contribution in [3.63, 3.8) is 0 Å². The van der Waals surface area contributed by atoms with Crippen LogP contribution in [0.5, 0.6) is 5.75 Å². The highest BCUT2D eigenvalue weighted by Gasteiger charge is 2.31. The highest BCUT2D eigenvalue weighted by Crippen LogP contribution is 2.39. The van der Waals surface area contributed by atoms with E-state index in [2.05, 4.69) is 12.0 Å². The first kappa shape index (κ1) is 34.2. The second-order valence-corrected chi connectivity index (χ2v) is 13.8. The number of quaternary nitrogens is 1. The summed E-state index contributed by atoms with van der Waals surface area (Å²) in [5, 5.41) is 14.0. The van der Waals surface area contributed by atoms with Crippen molar-refractivity contribution in [2.75, 3.05) is 53.6 Å². The number of thioether (sulfide) groups is 1. The minimum atomic E-state index is -0.598. The third kappa shape index (κ3) is 7.52. The first-order valence-electron chi connectivity index (χ1n) is 14.8. The SMILES string of the molecule is COc1cc(C(C)(C)c2cnc(SCc3c(F)cc(C([O-])=NCC[N+]4(C)CCOCC4)cc3Cl)n2-c2ccc(F)cc2)ccc1Cl. The summed E-state index contributed by atoms with van der Waals surface area (Å²) in [7, 11) is 3.68. The van der Waals surface area contributed by atoms with E-state index in [1.54, 1.807) is 31.5 Å². The molecule has 1 aromatic heterocycles. The van der Waals surface area contributed by atoms with E-state index >= 15 is 4.39 Å². The van der Waals surface area contributed by atoms with E-state index in [1.165, 1.54) is 36.0 Å². The molecule has 0 amide bonds. The summed E-state index contributed by atoms with van der Waals surface area (Å²) >= 11 is 14.1. The summed E-state index contributed by atoms with van der Waals surface area (Å²) in [6.07, 6.45) is 1.76. The van der Waals surface area contributed by atoms with E-state index in [0.717, 1.165) is 28.8 Å². The van der Waals surface area contributed by atoms with Gasteiger partial charge in [0, 0.05) is 27.4 Å². The van der Waals surface area contributed by atoms with Crippen LogP contribution >= 0.6 is 35.0 Å². The standard InChI is InChI=1S/C34H36Cl2F2N4O3S/c1-34(2,23-5-10-27(35)30(19-23)44-4)31-20-40-33(41(31)25-8-6-24(37)7-9-25)46-21-26-28(36)17-22(18-29(26)38)32(43)39-11-12-42(3)13-15-45-16-14-42/h5-10,17-20H,11-16,21H2,1-4H3. The molecule has 2 heterocycles. The molecular formula is C34H36Cl2F2N4O3S. The van der Waals surface area contributed by atoms with Gasteiger partial charge in [-0.25, -0.2) is 13.8 Å². The second kappa shape index (κ2) is 14.3. The number of hydrogen-bond donors (Lipinski definition) is 0. The van der Waals surface area contributed by atoms with Crippen LogP contribution in [0.1, 0.15) is 36.2 Å². The molecule has 5 rings (SSSR count). The minimum Gasteiger partial charge on any atom is -0.858 e. The van der Waals surface area contributed by atoms with Gasteiger partial charge in [0.05, 0.1) is 57.4 Å². The normalized spacial score (nSPS) is 15.3. The van der Waals surface area contributed by atoms with Crippen LogP contribution in [-0.4, -0.2) is 73.5 Å². The molecule has 1 aliphatic rings. The molecule has 0 atom stereocenters. The van der Waals surface area contributed by atoms with E-state index in [4.69, 9.17) is 37.7 Å². The highest BCUT2D eigenvalue weighted by atomic mass is 35.5. The molecule has 12 heteroatoms. The van der Waals surface area contributed by atoms with Gasteiger partial charge in [-0.15, -0.1) is 0 Å². The van der Waals surface area contributed by atoms with Crippen molar-refractivity contribution in [3.05, 3.63) is 105 Å². The molecule has 0 spiro atoms. The monoisotopic (exact) mass is 688 g/mol. The van der Waals surface area contributed by atoms with Gasteiger partial charge < -0.3 is 19.1 Å². The third-order valence-corrected chi connectivity index (χ3v) is 10.1. The number of imidazole rings is 1. The quantitative estimate of drug-likeness (QED) is 0.0762. The van der Waals surface area contributed by atoms with Crippen molar-refractivity contribution < 1.29 is 27.8 Å². The topological polar surface area (TPSA) is 71.7 Å². The number of nitrogens with zero attached hydrogens (tertiary/aromatic N) is 4. The molecule has 1 aliphatic heterocycles. The Labute approximate surface area is 282 Å². The number of methoxy groups -OCH3 is 1. The van der Waals surface area contributed by atoms with Crippen LogP contribution in [0.25, 0.3) is 5.69 Å². The Bertz CT molecular complexity index is 1700. The number of halogens is 4. The molecule has 244 valence electrons. The Balaban J connectivity index is 1.40. The van der Waals surface area contributed by atoms with E-state index < -0.39 is 17.1 Å². The summed E-state index contributed by atoms with van der Waals surface area (Å²) in [5.41, 5.74) is 2.19. The molecule has 4 aromatic rings. The van der Waals surface area contributed by atoms with Crippen LogP contribution in [0.15, 0.2) is 70.9 Å². The van der Waals surface area contributed by atoms with Gasteiger partial charge in [-0.2, -0.15) is 0 Å². The van der Waals surface area contributed by atoms with Crippen molar-refractivity contribution in [1.82, 2.24) is 9.55 Å². The zero-order valence-electron chi connectivity index (χ0n) is 26.2. The number of ether oxygens (including phenoxy) is 2. The fourth-order valence-electron chi connectivity index (χ4n) is 5.41. The van der Waals surface area contributed by atoms with E-state index in [0.29, 0.717) is 47.9 Å². The van der Waals surface area contributed by atoms with E-state index in [9.17, 15) is 9.50 Å². The predicted octanol–water partition coefficient (Wildman–Crippen LogP) is 6.67.